The molecule has 104 valence electrons. The van der Waals surface area contributed by atoms with E-state index in [4.69, 9.17) is 10.5 Å². The van der Waals surface area contributed by atoms with E-state index in [0.29, 0.717) is 25.0 Å². The number of amides is 2. The maximum absolute atomic E-state index is 12.1. The van der Waals surface area contributed by atoms with E-state index in [2.05, 4.69) is 33.0 Å². The Balaban J connectivity index is 2.50. The number of nitrogens with two attached hydrogens (primary N) is 1. The minimum absolute atomic E-state index is 0.302. The van der Waals surface area contributed by atoms with E-state index in [0.717, 1.165) is 13.1 Å². The lowest BCUT2D eigenvalue weighted by molar-refractivity contribution is -0.173. The van der Waals surface area contributed by atoms with E-state index < -0.39 is 0 Å². The number of piperazine rings is 1. The summed E-state index contributed by atoms with van der Waals surface area (Å²) in [6, 6.07) is -0.317. The third-order valence-electron chi connectivity index (χ3n) is 4.83. The minimum atomic E-state index is -0.317. The van der Waals surface area contributed by atoms with Crippen LogP contribution in [-0.2, 0) is 4.74 Å². The van der Waals surface area contributed by atoms with E-state index in [1.165, 1.54) is 0 Å². The molecule has 2 heterocycles. The molecular formula is C13H25N3O2. The lowest BCUT2D eigenvalue weighted by Crippen LogP contribution is -2.82. The first-order valence-corrected chi connectivity index (χ1v) is 6.75. The number of hydrogen-bond donors (Lipinski definition) is 2. The van der Waals surface area contributed by atoms with Gasteiger partial charge in [-0.25, -0.2) is 4.79 Å². The molecule has 0 radical (unpaired) electrons. The molecule has 2 aliphatic heterocycles. The van der Waals surface area contributed by atoms with Crippen molar-refractivity contribution in [3.05, 3.63) is 0 Å². The van der Waals surface area contributed by atoms with E-state index in [9.17, 15) is 4.79 Å². The van der Waals surface area contributed by atoms with Crippen LogP contribution in [0.2, 0.25) is 0 Å². The molecule has 0 aromatic carbocycles. The summed E-state index contributed by atoms with van der Waals surface area (Å²) in [6.07, 6.45) is 0. The van der Waals surface area contributed by atoms with Crippen molar-refractivity contribution in [1.82, 2.24) is 10.2 Å². The van der Waals surface area contributed by atoms with Gasteiger partial charge in [-0.15, -0.1) is 0 Å². The molecule has 2 amide bonds. The monoisotopic (exact) mass is 255 g/mol. The zero-order chi connectivity index (χ0) is 13.6. The van der Waals surface area contributed by atoms with Crippen LogP contribution >= 0.6 is 0 Å². The van der Waals surface area contributed by atoms with Crippen LogP contribution in [0.1, 0.15) is 27.7 Å². The fourth-order valence-electron chi connectivity index (χ4n) is 3.43. The van der Waals surface area contributed by atoms with Crippen molar-refractivity contribution in [2.75, 3.05) is 26.3 Å². The minimum Gasteiger partial charge on any atom is -0.376 e. The number of fused-ring (bicyclic) bond motifs is 2. The van der Waals surface area contributed by atoms with Crippen LogP contribution in [0.4, 0.5) is 4.79 Å². The SMILES string of the molecule is CC(C)C12CNCC(C(C)C)(COC1)N2C(N)=O. The first kappa shape index (κ1) is 13.6. The number of morpholine rings is 1. The van der Waals surface area contributed by atoms with Gasteiger partial charge < -0.3 is 20.7 Å². The average molecular weight is 255 g/mol. The van der Waals surface area contributed by atoms with Crippen LogP contribution in [0.15, 0.2) is 0 Å². The zero-order valence-corrected chi connectivity index (χ0v) is 11.8. The van der Waals surface area contributed by atoms with Gasteiger partial charge in [0.15, 0.2) is 0 Å². The Labute approximate surface area is 109 Å². The Hall–Kier alpha value is -0.810. The second-order valence-corrected chi connectivity index (χ2v) is 6.29. The van der Waals surface area contributed by atoms with Gasteiger partial charge in [0.2, 0.25) is 0 Å². The van der Waals surface area contributed by atoms with E-state index in [-0.39, 0.29) is 17.1 Å². The molecule has 0 aromatic heterocycles. The molecule has 3 N–H and O–H groups in total. The molecular weight excluding hydrogens is 230 g/mol. The predicted molar refractivity (Wildman–Crippen MR) is 70.2 cm³/mol. The number of hydrogen-bond acceptors (Lipinski definition) is 3. The molecule has 5 heteroatoms. The maximum Gasteiger partial charge on any atom is 0.315 e. The number of carbonyl (C=O) groups excluding carboxylic acids is 1. The fraction of sp³-hybridized carbons (Fsp3) is 0.923. The molecule has 2 unspecified atom stereocenters. The molecule has 0 saturated carbocycles. The van der Waals surface area contributed by atoms with Crippen LogP contribution in [0.5, 0.6) is 0 Å². The summed E-state index contributed by atoms with van der Waals surface area (Å²) in [5.41, 5.74) is 5.08. The topological polar surface area (TPSA) is 67.6 Å². The Bertz CT molecular complexity index is 307. The molecule has 2 aliphatic rings. The van der Waals surface area contributed by atoms with Gasteiger partial charge in [0.25, 0.3) is 0 Å². The maximum atomic E-state index is 12.1. The molecule has 2 saturated heterocycles. The van der Waals surface area contributed by atoms with Gasteiger partial charge in [0, 0.05) is 13.1 Å². The van der Waals surface area contributed by atoms with Crippen molar-refractivity contribution < 1.29 is 9.53 Å². The Morgan fingerprint density at radius 3 is 1.94 bits per heavy atom. The molecule has 5 nitrogen and oxygen atoms in total. The van der Waals surface area contributed by atoms with Gasteiger partial charge in [-0.05, 0) is 11.8 Å². The Kier molecular flexibility index (Phi) is 3.32. The van der Waals surface area contributed by atoms with Crippen molar-refractivity contribution in [3.63, 3.8) is 0 Å². The summed E-state index contributed by atoms with van der Waals surface area (Å²) in [5.74, 6) is 0.604. The highest BCUT2D eigenvalue weighted by molar-refractivity contribution is 5.75. The van der Waals surface area contributed by atoms with Crippen LogP contribution in [0, 0.1) is 11.8 Å². The number of nitrogens with zero attached hydrogens (tertiary/aromatic N) is 1. The number of rotatable bonds is 2. The first-order valence-electron chi connectivity index (χ1n) is 6.75. The third-order valence-corrected chi connectivity index (χ3v) is 4.83. The summed E-state index contributed by atoms with van der Waals surface area (Å²) in [7, 11) is 0. The molecule has 0 spiro atoms. The molecule has 2 bridgehead atoms. The molecule has 2 rings (SSSR count). The summed E-state index contributed by atoms with van der Waals surface area (Å²) in [4.78, 5) is 14.0. The largest absolute Gasteiger partial charge is 0.376 e. The number of primary amides is 1. The third kappa shape index (κ3) is 1.64. The lowest BCUT2D eigenvalue weighted by atomic mass is 9.72. The fourth-order valence-corrected chi connectivity index (χ4v) is 3.43. The van der Waals surface area contributed by atoms with Crippen molar-refractivity contribution in [1.29, 1.82) is 0 Å². The molecule has 18 heavy (non-hydrogen) atoms. The molecule has 2 fully saturated rings. The summed E-state index contributed by atoms with van der Waals surface area (Å²) in [5, 5.41) is 3.49. The highest BCUT2D eigenvalue weighted by atomic mass is 16.5. The van der Waals surface area contributed by atoms with Crippen molar-refractivity contribution >= 4 is 6.03 Å². The van der Waals surface area contributed by atoms with Gasteiger partial charge in [-0.2, -0.15) is 0 Å². The predicted octanol–water partition coefficient (Wildman–Crippen LogP) is 0.790. The quantitative estimate of drug-likeness (QED) is 0.766. The van der Waals surface area contributed by atoms with E-state index >= 15 is 0 Å². The van der Waals surface area contributed by atoms with Crippen molar-refractivity contribution in [2.45, 2.75) is 38.8 Å². The zero-order valence-electron chi connectivity index (χ0n) is 11.8. The van der Waals surface area contributed by atoms with Crippen LogP contribution in [-0.4, -0.2) is 48.3 Å². The van der Waals surface area contributed by atoms with Crippen LogP contribution in [0.3, 0.4) is 0 Å². The lowest BCUT2D eigenvalue weighted by Gasteiger charge is -2.63. The van der Waals surface area contributed by atoms with Crippen LogP contribution < -0.4 is 11.1 Å². The average Bonchev–Trinajstić information content (AvgIpc) is 2.26. The van der Waals surface area contributed by atoms with E-state index in [1.54, 1.807) is 0 Å². The second kappa shape index (κ2) is 4.38. The number of nitrogens with one attached hydrogen (secondary N) is 1. The summed E-state index contributed by atoms with van der Waals surface area (Å²) in [6.45, 7) is 11.1. The number of carbonyl (C=O) groups is 1. The standard InChI is InChI=1S/C13H25N3O2/c1-9(2)12-5-15-6-13(10(3)4,8-18-7-12)16(12)11(14)17/h9-10,15H,5-8H2,1-4H3,(H2,14,17). The normalized spacial score (nSPS) is 36.2. The highest BCUT2D eigenvalue weighted by Crippen LogP contribution is 2.42. The number of ether oxygens (including phenoxy) is 1. The van der Waals surface area contributed by atoms with Gasteiger partial charge in [-0.1, -0.05) is 27.7 Å². The first-order chi connectivity index (χ1) is 8.37. The second-order valence-electron chi connectivity index (χ2n) is 6.29. The van der Waals surface area contributed by atoms with Gasteiger partial charge in [-0.3, -0.25) is 0 Å². The van der Waals surface area contributed by atoms with Gasteiger partial charge in [0.1, 0.15) is 0 Å². The number of urea groups is 1. The molecule has 2 atom stereocenters. The highest BCUT2D eigenvalue weighted by Gasteiger charge is 2.59. The van der Waals surface area contributed by atoms with Gasteiger partial charge in [0.05, 0.1) is 24.3 Å². The van der Waals surface area contributed by atoms with E-state index in [1.807, 2.05) is 4.90 Å². The smallest absolute Gasteiger partial charge is 0.315 e. The Morgan fingerprint density at radius 1 is 1.17 bits per heavy atom. The van der Waals surface area contributed by atoms with Crippen molar-refractivity contribution in [3.8, 4) is 0 Å². The van der Waals surface area contributed by atoms with Crippen molar-refractivity contribution in [2.24, 2.45) is 17.6 Å². The Morgan fingerprint density at radius 2 is 1.61 bits per heavy atom. The molecule has 0 aromatic rings. The summed E-state index contributed by atoms with van der Waals surface area (Å²) < 4.78 is 5.86. The summed E-state index contributed by atoms with van der Waals surface area (Å²) >= 11 is 0. The van der Waals surface area contributed by atoms with Crippen LogP contribution in [0.25, 0.3) is 0 Å². The van der Waals surface area contributed by atoms with Gasteiger partial charge >= 0.3 is 6.03 Å². The molecule has 0 aliphatic carbocycles.